The Bertz CT molecular complexity index is 617. The molecule has 1 aromatic rings. The van der Waals surface area contributed by atoms with Gasteiger partial charge in [-0.05, 0) is 24.8 Å². The highest BCUT2D eigenvalue weighted by atomic mass is 16.6. The topological polar surface area (TPSA) is 52.6 Å². The second-order valence-corrected chi connectivity index (χ2v) is 5.50. The molecule has 2 heterocycles. The fourth-order valence-electron chi connectivity index (χ4n) is 3.40. The maximum absolute atomic E-state index is 12.7. The van der Waals surface area contributed by atoms with Gasteiger partial charge in [0.1, 0.15) is 12.2 Å². The van der Waals surface area contributed by atoms with E-state index in [0.717, 1.165) is 24.8 Å². The molecule has 1 saturated carbocycles. The smallest absolute Gasteiger partial charge is 0.374 e. The number of ether oxygens (including phenoxy) is 2. The van der Waals surface area contributed by atoms with E-state index in [-0.39, 0.29) is 29.7 Å². The Labute approximate surface area is 116 Å². The summed E-state index contributed by atoms with van der Waals surface area (Å²) >= 11 is 0. The number of esters is 1. The molecule has 2 fully saturated rings. The highest BCUT2D eigenvalue weighted by Crippen LogP contribution is 2.43. The first-order valence-corrected chi connectivity index (χ1v) is 6.97. The van der Waals surface area contributed by atoms with Crippen molar-refractivity contribution in [3.8, 4) is 0 Å². The minimum absolute atomic E-state index is 0.0313. The summed E-state index contributed by atoms with van der Waals surface area (Å²) in [7, 11) is 0. The highest BCUT2D eigenvalue weighted by Gasteiger charge is 2.51. The number of allylic oxidation sites excluding steroid dienone is 1. The van der Waals surface area contributed by atoms with Crippen molar-refractivity contribution in [1.29, 1.82) is 0 Å². The van der Waals surface area contributed by atoms with E-state index < -0.39 is 5.97 Å². The average molecular weight is 270 g/mol. The van der Waals surface area contributed by atoms with Gasteiger partial charge in [-0.15, -0.1) is 0 Å². The zero-order valence-corrected chi connectivity index (χ0v) is 10.9. The molecule has 0 aromatic heterocycles. The molecule has 0 N–H and O–H groups in total. The molecule has 0 amide bonds. The lowest BCUT2D eigenvalue weighted by molar-refractivity contribution is -0.184. The largest absolute Gasteiger partial charge is 0.478 e. The SMILES string of the molecule is O=C1OC2CCCC3C(=O)C(c4ccccc4)=C1OC23. The molecule has 0 radical (unpaired) electrons. The summed E-state index contributed by atoms with van der Waals surface area (Å²) in [6, 6.07) is 9.22. The van der Waals surface area contributed by atoms with Crippen molar-refractivity contribution >= 4 is 17.3 Å². The van der Waals surface area contributed by atoms with Gasteiger partial charge in [0.15, 0.2) is 5.78 Å². The summed E-state index contributed by atoms with van der Waals surface area (Å²) in [4.78, 5) is 24.8. The Balaban J connectivity index is 1.88. The van der Waals surface area contributed by atoms with Gasteiger partial charge >= 0.3 is 5.97 Å². The fraction of sp³-hybridized carbons (Fsp3) is 0.375. The van der Waals surface area contributed by atoms with Crippen molar-refractivity contribution in [2.24, 2.45) is 5.92 Å². The van der Waals surface area contributed by atoms with Crippen LogP contribution in [0.25, 0.3) is 5.57 Å². The molecule has 4 heteroatoms. The number of fused-ring (bicyclic) bond motifs is 1. The first kappa shape index (κ1) is 11.7. The van der Waals surface area contributed by atoms with Crippen molar-refractivity contribution in [2.45, 2.75) is 31.5 Å². The Morgan fingerprint density at radius 3 is 2.60 bits per heavy atom. The third kappa shape index (κ3) is 1.54. The first-order chi connectivity index (χ1) is 9.75. The molecule has 102 valence electrons. The zero-order chi connectivity index (χ0) is 13.7. The second kappa shape index (κ2) is 4.20. The Hall–Kier alpha value is -2.10. The van der Waals surface area contributed by atoms with Crippen LogP contribution in [0, 0.1) is 5.92 Å². The summed E-state index contributed by atoms with van der Waals surface area (Å²) in [5, 5.41) is 0. The van der Waals surface area contributed by atoms with Gasteiger partial charge in [-0.3, -0.25) is 4.79 Å². The molecular formula is C16H14O4. The minimum Gasteiger partial charge on any atom is -0.478 e. The van der Waals surface area contributed by atoms with Crippen LogP contribution in [-0.2, 0) is 19.1 Å². The fourth-order valence-corrected chi connectivity index (χ4v) is 3.40. The van der Waals surface area contributed by atoms with Crippen molar-refractivity contribution < 1.29 is 19.1 Å². The molecule has 3 atom stereocenters. The summed E-state index contributed by atoms with van der Waals surface area (Å²) in [5.74, 6) is -0.552. The summed E-state index contributed by atoms with van der Waals surface area (Å²) in [6.45, 7) is 0. The minimum atomic E-state index is -0.501. The number of carbonyl (C=O) groups is 2. The molecule has 1 aromatic carbocycles. The van der Waals surface area contributed by atoms with Crippen molar-refractivity contribution in [3.05, 3.63) is 41.7 Å². The molecule has 2 bridgehead atoms. The van der Waals surface area contributed by atoms with E-state index in [1.807, 2.05) is 30.3 Å². The molecular weight excluding hydrogens is 256 g/mol. The van der Waals surface area contributed by atoms with Gasteiger partial charge in [0.05, 0.1) is 11.5 Å². The van der Waals surface area contributed by atoms with Crippen LogP contribution >= 0.6 is 0 Å². The molecule has 0 spiro atoms. The maximum atomic E-state index is 12.7. The summed E-state index contributed by atoms with van der Waals surface area (Å²) < 4.78 is 11.3. The molecule has 4 rings (SSSR count). The standard InChI is InChI=1S/C16H14O4/c17-13-10-7-4-8-11-14(10)20-15(16(18)19-11)12(13)9-5-2-1-3-6-9/h1-3,5-6,10-11,14H,4,7-8H2. The van der Waals surface area contributed by atoms with E-state index in [0.29, 0.717) is 5.57 Å². The molecule has 3 aliphatic rings. The monoisotopic (exact) mass is 270 g/mol. The van der Waals surface area contributed by atoms with Crippen LogP contribution in [0.3, 0.4) is 0 Å². The van der Waals surface area contributed by atoms with Crippen LogP contribution < -0.4 is 0 Å². The lowest BCUT2D eigenvalue weighted by Gasteiger charge is -2.44. The van der Waals surface area contributed by atoms with Crippen LogP contribution in [0.2, 0.25) is 0 Å². The third-order valence-electron chi connectivity index (χ3n) is 4.34. The Kier molecular flexibility index (Phi) is 2.46. The van der Waals surface area contributed by atoms with Crippen molar-refractivity contribution in [1.82, 2.24) is 0 Å². The highest BCUT2D eigenvalue weighted by molar-refractivity contribution is 6.27. The molecule has 2 aliphatic heterocycles. The molecule has 4 nitrogen and oxygen atoms in total. The van der Waals surface area contributed by atoms with Gasteiger partial charge < -0.3 is 9.47 Å². The van der Waals surface area contributed by atoms with Crippen LogP contribution in [0.4, 0.5) is 0 Å². The normalized spacial score (nSPS) is 31.7. The summed E-state index contributed by atoms with van der Waals surface area (Å²) in [5.41, 5.74) is 1.11. The average Bonchev–Trinajstić information content (AvgIpc) is 2.48. The van der Waals surface area contributed by atoms with Gasteiger partial charge in [-0.25, -0.2) is 4.79 Å². The van der Waals surface area contributed by atoms with Gasteiger partial charge in [0, 0.05) is 0 Å². The van der Waals surface area contributed by atoms with E-state index in [9.17, 15) is 9.59 Å². The van der Waals surface area contributed by atoms with Gasteiger partial charge in [0.25, 0.3) is 0 Å². The van der Waals surface area contributed by atoms with E-state index in [2.05, 4.69) is 0 Å². The number of hydrogen-bond donors (Lipinski definition) is 0. The molecule has 20 heavy (non-hydrogen) atoms. The van der Waals surface area contributed by atoms with Crippen LogP contribution in [0.1, 0.15) is 24.8 Å². The van der Waals surface area contributed by atoms with Crippen LogP contribution in [0.15, 0.2) is 36.1 Å². The van der Waals surface area contributed by atoms with E-state index >= 15 is 0 Å². The van der Waals surface area contributed by atoms with Crippen LogP contribution in [-0.4, -0.2) is 24.0 Å². The quantitative estimate of drug-likeness (QED) is 0.733. The van der Waals surface area contributed by atoms with Crippen molar-refractivity contribution in [3.63, 3.8) is 0 Å². The predicted octanol–water partition coefficient (Wildman–Crippen LogP) is 2.09. The van der Waals surface area contributed by atoms with Gasteiger partial charge in [0.2, 0.25) is 5.76 Å². The maximum Gasteiger partial charge on any atom is 0.374 e. The number of rotatable bonds is 1. The van der Waals surface area contributed by atoms with Crippen LogP contribution in [0.5, 0.6) is 0 Å². The van der Waals surface area contributed by atoms with Crippen molar-refractivity contribution in [2.75, 3.05) is 0 Å². The Morgan fingerprint density at radius 2 is 1.80 bits per heavy atom. The third-order valence-corrected chi connectivity index (χ3v) is 4.34. The summed E-state index contributed by atoms with van der Waals surface area (Å²) in [6.07, 6.45) is 1.95. The number of Topliss-reactive ketones (excluding diaryl/α,β-unsaturated/α-hetero) is 1. The lowest BCUT2D eigenvalue weighted by Crippen LogP contribution is -2.52. The predicted molar refractivity (Wildman–Crippen MR) is 70.5 cm³/mol. The Morgan fingerprint density at radius 1 is 1.00 bits per heavy atom. The lowest BCUT2D eigenvalue weighted by atomic mass is 9.75. The first-order valence-electron chi connectivity index (χ1n) is 6.97. The molecule has 1 aliphatic carbocycles. The number of hydrogen-bond acceptors (Lipinski definition) is 4. The number of carbonyl (C=O) groups excluding carboxylic acids is 2. The van der Waals surface area contributed by atoms with E-state index in [4.69, 9.17) is 9.47 Å². The second-order valence-electron chi connectivity index (χ2n) is 5.50. The van der Waals surface area contributed by atoms with Gasteiger partial charge in [-0.1, -0.05) is 30.3 Å². The van der Waals surface area contributed by atoms with Gasteiger partial charge in [-0.2, -0.15) is 0 Å². The zero-order valence-electron chi connectivity index (χ0n) is 10.9. The molecule has 1 saturated heterocycles. The number of ketones is 1. The number of benzene rings is 1. The van der Waals surface area contributed by atoms with E-state index in [1.165, 1.54) is 0 Å². The van der Waals surface area contributed by atoms with E-state index in [1.54, 1.807) is 0 Å². The molecule has 3 unspecified atom stereocenters.